The fourth-order valence-corrected chi connectivity index (χ4v) is 6.98. The molecule has 0 amide bonds. The maximum Gasteiger partial charge on any atom is 0.228 e. The summed E-state index contributed by atoms with van der Waals surface area (Å²) >= 11 is 6.89. The molecule has 9 heteroatoms. The van der Waals surface area contributed by atoms with Crippen molar-refractivity contribution in [3.05, 3.63) is 53.3 Å². The smallest absolute Gasteiger partial charge is 0.228 e. The molecule has 4 aromatic rings. The number of fused-ring (bicyclic) bond motifs is 3. The molecule has 2 N–H and O–H groups in total. The molecule has 208 valence electrons. The van der Waals surface area contributed by atoms with Crippen LogP contribution in [0.15, 0.2) is 42.5 Å². The van der Waals surface area contributed by atoms with E-state index >= 15 is 4.39 Å². The molecular formula is C31H34ClFN6O. The maximum absolute atomic E-state index is 16.8. The van der Waals surface area contributed by atoms with Crippen LogP contribution in [0.25, 0.3) is 32.8 Å². The number of hydrogen-bond acceptors (Lipinski definition) is 7. The third-order valence-corrected chi connectivity index (χ3v) is 9.43. The molecule has 2 unspecified atom stereocenters. The summed E-state index contributed by atoms with van der Waals surface area (Å²) in [4.78, 5) is 16.5. The lowest BCUT2D eigenvalue weighted by molar-refractivity contribution is 0.217. The first-order chi connectivity index (χ1) is 19.4. The lowest BCUT2D eigenvalue weighted by Gasteiger charge is -2.44. The molecule has 0 radical (unpaired) electrons. The number of rotatable bonds is 4. The number of piperidine rings is 2. The van der Waals surface area contributed by atoms with Crippen molar-refractivity contribution in [1.82, 2.24) is 20.2 Å². The molecule has 7 nitrogen and oxygen atoms in total. The summed E-state index contributed by atoms with van der Waals surface area (Å²) in [5.74, 6) is 2.15. The average molecular weight is 561 g/mol. The highest BCUT2D eigenvalue weighted by Crippen LogP contribution is 2.43. The molecule has 3 fully saturated rings. The zero-order valence-electron chi connectivity index (χ0n) is 22.9. The molecule has 3 aromatic carbocycles. The summed E-state index contributed by atoms with van der Waals surface area (Å²) in [5, 5.41) is 16.6. The van der Waals surface area contributed by atoms with Crippen molar-refractivity contribution in [3.63, 3.8) is 0 Å². The summed E-state index contributed by atoms with van der Waals surface area (Å²) in [6, 6.07) is 13.1. The first kappa shape index (κ1) is 25.7. The van der Waals surface area contributed by atoms with E-state index in [1.807, 2.05) is 30.3 Å². The minimum atomic E-state index is -0.482. The van der Waals surface area contributed by atoms with Crippen LogP contribution in [0, 0.1) is 17.7 Å². The number of halogens is 2. The Hall–Kier alpha value is -3.20. The van der Waals surface area contributed by atoms with Gasteiger partial charge in [-0.3, -0.25) is 0 Å². The van der Waals surface area contributed by atoms with E-state index < -0.39 is 5.82 Å². The second kappa shape index (κ2) is 10.0. The van der Waals surface area contributed by atoms with Crippen molar-refractivity contribution in [3.8, 4) is 16.9 Å². The van der Waals surface area contributed by atoms with Gasteiger partial charge < -0.3 is 25.1 Å². The number of likely N-dealkylation sites (N-methyl/N-ethyl adjacent to an activating group) is 1. The normalized spacial score (nSPS) is 21.7. The highest BCUT2D eigenvalue weighted by Gasteiger charge is 2.35. The average Bonchev–Trinajstić information content (AvgIpc) is 2.91. The van der Waals surface area contributed by atoms with Crippen LogP contribution in [0.4, 0.5) is 16.2 Å². The number of nitrogens with one attached hydrogen (secondary N) is 1. The summed E-state index contributed by atoms with van der Waals surface area (Å²) in [6.07, 6.45) is 2.21. The molecule has 40 heavy (non-hydrogen) atoms. The lowest BCUT2D eigenvalue weighted by atomic mass is 9.81. The molecule has 3 saturated heterocycles. The van der Waals surface area contributed by atoms with E-state index in [1.165, 1.54) is 0 Å². The van der Waals surface area contributed by atoms with Crippen LogP contribution in [-0.2, 0) is 0 Å². The molecule has 3 aliphatic rings. The summed E-state index contributed by atoms with van der Waals surface area (Å²) < 4.78 is 16.8. The Balaban J connectivity index is 1.39. The van der Waals surface area contributed by atoms with Gasteiger partial charge >= 0.3 is 0 Å². The standard InChI is InChI=1S/C31H34ClFN6O/c1-37(2)21-16-39(17-21)31-35-29-25(30(36-31)38-10-8-19-14-34-9-7-20(19)15-38)13-26(32)27(28(29)33)24-12-22(40)11-18-5-3-4-6-23(18)24/h3-6,11-13,19-21,34,40H,7-10,14-17H2,1-2H3. The van der Waals surface area contributed by atoms with Crippen molar-refractivity contribution in [2.45, 2.75) is 18.9 Å². The molecule has 0 aliphatic carbocycles. The lowest BCUT2D eigenvalue weighted by Crippen LogP contribution is -2.58. The Bertz CT molecular complexity index is 1610. The minimum Gasteiger partial charge on any atom is -0.508 e. The van der Waals surface area contributed by atoms with Gasteiger partial charge in [-0.25, -0.2) is 9.37 Å². The Morgan fingerprint density at radius 2 is 1.82 bits per heavy atom. The van der Waals surface area contributed by atoms with Crippen molar-refractivity contribution in [1.29, 1.82) is 0 Å². The van der Waals surface area contributed by atoms with Crippen molar-refractivity contribution in [2.24, 2.45) is 11.8 Å². The summed E-state index contributed by atoms with van der Waals surface area (Å²) in [6.45, 7) is 5.46. The fourth-order valence-electron chi connectivity index (χ4n) is 6.69. The molecule has 4 heterocycles. The van der Waals surface area contributed by atoms with Crippen LogP contribution >= 0.6 is 11.6 Å². The van der Waals surface area contributed by atoms with Crippen LogP contribution in [0.1, 0.15) is 12.8 Å². The number of benzene rings is 3. The topological polar surface area (TPSA) is 67.8 Å². The van der Waals surface area contributed by atoms with E-state index in [0.29, 0.717) is 34.8 Å². The van der Waals surface area contributed by atoms with Gasteiger partial charge in [-0.2, -0.15) is 4.98 Å². The number of phenolic OH excluding ortho intramolecular Hbond substituents is 1. The van der Waals surface area contributed by atoms with Gasteiger partial charge in [0.25, 0.3) is 0 Å². The molecule has 0 saturated carbocycles. The van der Waals surface area contributed by atoms with E-state index in [4.69, 9.17) is 21.6 Å². The van der Waals surface area contributed by atoms with Gasteiger partial charge in [-0.05, 0) is 86.4 Å². The zero-order valence-corrected chi connectivity index (χ0v) is 23.6. The highest BCUT2D eigenvalue weighted by atomic mass is 35.5. The van der Waals surface area contributed by atoms with Crippen LogP contribution in [0.2, 0.25) is 5.02 Å². The third kappa shape index (κ3) is 4.33. The Morgan fingerprint density at radius 1 is 1.00 bits per heavy atom. The van der Waals surface area contributed by atoms with Gasteiger partial charge in [0.15, 0.2) is 5.82 Å². The van der Waals surface area contributed by atoms with Crippen LogP contribution in [-0.4, -0.2) is 79.4 Å². The monoisotopic (exact) mass is 560 g/mol. The number of anilines is 2. The van der Waals surface area contributed by atoms with Crippen LogP contribution in [0.3, 0.4) is 0 Å². The molecule has 0 spiro atoms. The number of aromatic hydroxyl groups is 1. The molecule has 1 aromatic heterocycles. The first-order valence-corrected chi connectivity index (χ1v) is 14.5. The van der Waals surface area contributed by atoms with E-state index in [2.05, 4.69) is 34.1 Å². The van der Waals surface area contributed by atoms with E-state index in [9.17, 15) is 5.11 Å². The Labute approximate surface area is 238 Å². The number of nitrogens with zero attached hydrogens (tertiary/aromatic N) is 5. The Kier molecular flexibility index (Phi) is 6.45. The van der Waals surface area contributed by atoms with Gasteiger partial charge in [-0.15, -0.1) is 0 Å². The predicted octanol–water partition coefficient (Wildman–Crippen LogP) is 5.13. The zero-order chi connectivity index (χ0) is 27.5. The second-order valence-corrected chi connectivity index (χ2v) is 12.2. The molecule has 7 rings (SSSR count). The molecular weight excluding hydrogens is 527 g/mol. The number of aromatic nitrogens is 2. The predicted molar refractivity (Wildman–Crippen MR) is 160 cm³/mol. The number of hydrogen-bond donors (Lipinski definition) is 2. The highest BCUT2D eigenvalue weighted by molar-refractivity contribution is 6.35. The maximum atomic E-state index is 16.8. The SMILES string of the molecule is CN(C)C1CN(c2nc(N3CCC4CNCCC4C3)c3cc(Cl)c(-c4cc(O)cc5ccccc45)c(F)c3n2)C1. The summed E-state index contributed by atoms with van der Waals surface area (Å²) in [7, 11) is 4.15. The fraction of sp³-hybridized carbons (Fsp3) is 0.419. The number of phenols is 1. The van der Waals surface area contributed by atoms with Crippen molar-refractivity contribution >= 4 is 45.0 Å². The van der Waals surface area contributed by atoms with Gasteiger partial charge in [0.05, 0.1) is 5.02 Å². The third-order valence-electron chi connectivity index (χ3n) is 9.13. The van der Waals surface area contributed by atoms with E-state index in [1.54, 1.807) is 12.1 Å². The summed E-state index contributed by atoms with van der Waals surface area (Å²) in [5.41, 5.74) is 1.07. The minimum absolute atomic E-state index is 0.0634. The van der Waals surface area contributed by atoms with E-state index in [0.717, 1.165) is 68.7 Å². The van der Waals surface area contributed by atoms with Crippen LogP contribution < -0.4 is 15.1 Å². The largest absolute Gasteiger partial charge is 0.508 e. The Morgan fingerprint density at radius 3 is 2.65 bits per heavy atom. The van der Waals surface area contributed by atoms with Gasteiger partial charge in [0.1, 0.15) is 17.1 Å². The first-order valence-electron chi connectivity index (χ1n) is 14.2. The van der Waals surface area contributed by atoms with Gasteiger partial charge in [0, 0.05) is 43.2 Å². The second-order valence-electron chi connectivity index (χ2n) is 11.8. The van der Waals surface area contributed by atoms with Gasteiger partial charge in [-0.1, -0.05) is 35.9 Å². The molecule has 0 bridgehead atoms. The van der Waals surface area contributed by atoms with Crippen molar-refractivity contribution in [2.75, 3.05) is 63.2 Å². The van der Waals surface area contributed by atoms with E-state index in [-0.39, 0.29) is 21.9 Å². The van der Waals surface area contributed by atoms with Gasteiger partial charge in [0.2, 0.25) is 5.95 Å². The van der Waals surface area contributed by atoms with Crippen LogP contribution in [0.5, 0.6) is 5.75 Å². The molecule has 2 atom stereocenters. The van der Waals surface area contributed by atoms with Crippen molar-refractivity contribution < 1.29 is 9.50 Å². The molecule has 3 aliphatic heterocycles. The quantitative estimate of drug-likeness (QED) is 0.358.